The van der Waals surface area contributed by atoms with Crippen molar-refractivity contribution in [2.75, 3.05) is 6.61 Å². The predicted octanol–water partition coefficient (Wildman–Crippen LogP) is 3.65. The zero-order valence-corrected chi connectivity index (χ0v) is 10.7. The molecule has 2 nitrogen and oxygen atoms in total. The van der Waals surface area contributed by atoms with Crippen LogP contribution >= 0.6 is 15.9 Å². The summed E-state index contributed by atoms with van der Waals surface area (Å²) in [5.41, 5.74) is 1.36. The van der Waals surface area contributed by atoms with Gasteiger partial charge in [0.05, 0.1) is 12.7 Å². The summed E-state index contributed by atoms with van der Waals surface area (Å²) < 4.78 is 5.76. The maximum Gasteiger partial charge on any atom is 0.119 e. The first-order chi connectivity index (χ1) is 7.78. The summed E-state index contributed by atoms with van der Waals surface area (Å²) in [4.78, 5) is 0. The highest BCUT2D eigenvalue weighted by Gasteiger charge is 2.43. The molecule has 84 valence electrons. The lowest BCUT2D eigenvalue weighted by atomic mass is 10.1. The topological polar surface area (TPSA) is 33.0 Å². The standard InChI is InChI=1S/C13H14BrNO/c14-9-11-2-1-3-12(8-11)16-10-13(4-5-13)6-7-15/h1-3,8H,4-6,9-10H2. The number of ether oxygens (including phenoxy) is 1. The lowest BCUT2D eigenvalue weighted by Gasteiger charge is -2.13. The van der Waals surface area contributed by atoms with Crippen LogP contribution in [-0.4, -0.2) is 6.61 Å². The predicted molar refractivity (Wildman–Crippen MR) is 66.5 cm³/mol. The van der Waals surface area contributed by atoms with Crippen LogP contribution in [0.1, 0.15) is 24.8 Å². The van der Waals surface area contributed by atoms with Crippen molar-refractivity contribution in [3.8, 4) is 11.8 Å². The molecule has 0 unspecified atom stereocenters. The summed E-state index contributed by atoms with van der Waals surface area (Å²) in [5, 5.41) is 9.55. The van der Waals surface area contributed by atoms with Crippen molar-refractivity contribution in [2.24, 2.45) is 5.41 Å². The zero-order valence-electron chi connectivity index (χ0n) is 9.08. The number of rotatable bonds is 5. The van der Waals surface area contributed by atoms with Crippen LogP contribution in [0.2, 0.25) is 0 Å². The van der Waals surface area contributed by atoms with Gasteiger partial charge in [-0.05, 0) is 30.5 Å². The molecule has 16 heavy (non-hydrogen) atoms. The van der Waals surface area contributed by atoms with E-state index in [4.69, 9.17) is 10.00 Å². The van der Waals surface area contributed by atoms with Crippen LogP contribution in [-0.2, 0) is 5.33 Å². The van der Waals surface area contributed by atoms with E-state index in [2.05, 4.69) is 28.1 Å². The van der Waals surface area contributed by atoms with E-state index < -0.39 is 0 Å². The molecule has 0 N–H and O–H groups in total. The van der Waals surface area contributed by atoms with Crippen LogP contribution in [0.25, 0.3) is 0 Å². The molecule has 3 heteroatoms. The smallest absolute Gasteiger partial charge is 0.119 e. The van der Waals surface area contributed by atoms with Gasteiger partial charge in [0.2, 0.25) is 0 Å². The normalized spacial score (nSPS) is 16.5. The molecule has 0 aromatic heterocycles. The number of alkyl halides is 1. The summed E-state index contributed by atoms with van der Waals surface area (Å²) in [6.07, 6.45) is 2.86. The van der Waals surface area contributed by atoms with Gasteiger partial charge >= 0.3 is 0 Å². The van der Waals surface area contributed by atoms with E-state index in [0.717, 1.165) is 23.9 Å². The number of halogens is 1. The van der Waals surface area contributed by atoms with Crippen LogP contribution in [0.5, 0.6) is 5.75 Å². The Balaban J connectivity index is 1.92. The first kappa shape index (κ1) is 11.5. The largest absolute Gasteiger partial charge is 0.493 e. The Kier molecular flexibility index (Phi) is 3.50. The minimum absolute atomic E-state index is 0.152. The maximum absolute atomic E-state index is 8.71. The van der Waals surface area contributed by atoms with E-state index in [1.165, 1.54) is 5.56 Å². The third-order valence-corrected chi connectivity index (χ3v) is 3.66. The molecule has 0 amide bonds. The van der Waals surface area contributed by atoms with Gasteiger partial charge in [-0.3, -0.25) is 0 Å². The first-order valence-corrected chi connectivity index (χ1v) is 6.55. The van der Waals surface area contributed by atoms with Gasteiger partial charge in [0.1, 0.15) is 5.75 Å². The minimum Gasteiger partial charge on any atom is -0.493 e. The van der Waals surface area contributed by atoms with Gasteiger partial charge in [-0.25, -0.2) is 0 Å². The SMILES string of the molecule is N#CCC1(COc2cccc(CBr)c2)CC1. The summed E-state index contributed by atoms with van der Waals surface area (Å²) in [6, 6.07) is 10.3. The molecular weight excluding hydrogens is 266 g/mol. The second kappa shape index (κ2) is 4.88. The van der Waals surface area contributed by atoms with Gasteiger partial charge in [-0.15, -0.1) is 0 Å². The lowest BCUT2D eigenvalue weighted by molar-refractivity contribution is 0.236. The summed E-state index contributed by atoms with van der Waals surface area (Å²) in [6.45, 7) is 0.673. The van der Waals surface area contributed by atoms with Crippen molar-refractivity contribution in [3.63, 3.8) is 0 Å². The van der Waals surface area contributed by atoms with E-state index in [0.29, 0.717) is 13.0 Å². The van der Waals surface area contributed by atoms with Crippen molar-refractivity contribution >= 4 is 15.9 Å². The Bertz CT molecular complexity index is 407. The summed E-state index contributed by atoms with van der Waals surface area (Å²) in [7, 11) is 0. The maximum atomic E-state index is 8.71. The quantitative estimate of drug-likeness (QED) is 0.771. The van der Waals surface area contributed by atoms with Crippen LogP contribution in [0.4, 0.5) is 0 Å². The molecule has 0 radical (unpaired) electrons. The molecular formula is C13H14BrNO. The monoisotopic (exact) mass is 279 g/mol. The fourth-order valence-electron chi connectivity index (χ4n) is 1.67. The molecule has 0 bridgehead atoms. The molecule has 0 heterocycles. The first-order valence-electron chi connectivity index (χ1n) is 5.43. The third-order valence-electron chi connectivity index (χ3n) is 3.01. The molecule has 1 fully saturated rings. The van der Waals surface area contributed by atoms with Gasteiger partial charge in [0.15, 0.2) is 0 Å². The van der Waals surface area contributed by atoms with Gasteiger partial charge < -0.3 is 4.74 Å². The average molecular weight is 280 g/mol. The molecule has 1 saturated carbocycles. The van der Waals surface area contributed by atoms with E-state index >= 15 is 0 Å². The van der Waals surface area contributed by atoms with Crippen molar-refractivity contribution in [1.29, 1.82) is 5.26 Å². The van der Waals surface area contributed by atoms with Crippen LogP contribution < -0.4 is 4.74 Å². The average Bonchev–Trinajstić information content (AvgIpc) is 3.08. The molecule has 2 rings (SSSR count). The van der Waals surface area contributed by atoms with E-state index in [1.54, 1.807) is 0 Å². The fraction of sp³-hybridized carbons (Fsp3) is 0.462. The third kappa shape index (κ3) is 2.76. The molecule has 0 atom stereocenters. The van der Waals surface area contributed by atoms with E-state index in [1.807, 2.05) is 18.2 Å². The highest BCUT2D eigenvalue weighted by molar-refractivity contribution is 9.08. The van der Waals surface area contributed by atoms with Crippen LogP contribution in [0, 0.1) is 16.7 Å². The lowest BCUT2D eigenvalue weighted by Crippen LogP contribution is -2.12. The number of nitriles is 1. The highest BCUT2D eigenvalue weighted by atomic mass is 79.9. The van der Waals surface area contributed by atoms with E-state index in [-0.39, 0.29) is 5.41 Å². The van der Waals surface area contributed by atoms with Crippen molar-refractivity contribution in [3.05, 3.63) is 29.8 Å². The Morgan fingerprint density at radius 1 is 1.44 bits per heavy atom. The number of hydrogen-bond donors (Lipinski definition) is 0. The fourth-order valence-corrected chi connectivity index (χ4v) is 2.02. The van der Waals surface area contributed by atoms with Crippen molar-refractivity contribution < 1.29 is 4.74 Å². The van der Waals surface area contributed by atoms with Gasteiger partial charge in [-0.2, -0.15) is 5.26 Å². The Labute approximate surface area is 104 Å². The van der Waals surface area contributed by atoms with E-state index in [9.17, 15) is 0 Å². The van der Waals surface area contributed by atoms with Gasteiger partial charge in [0.25, 0.3) is 0 Å². The second-order valence-corrected chi connectivity index (χ2v) is 4.97. The number of benzene rings is 1. The molecule has 0 spiro atoms. The molecule has 0 saturated heterocycles. The van der Waals surface area contributed by atoms with Crippen LogP contribution in [0.15, 0.2) is 24.3 Å². The van der Waals surface area contributed by atoms with Gasteiger partial charge in [0, 0.05) is 17.2 Å². The van der Waals surface area contributed by atoms with Crippen molar-refractivity contribution in [2.45, 2.75) is 24.6 Å². The molecule has 0 aliphatic heterocycles. The Morgan fingerprint density at radius 2 is 2.25 bits per heavy atom. The van der Waals surface area contributed by atoms with Crippen molar-refractivity contribution in [1.82, 2.24) is 0 Å². The minimum atomic E-state index is 0.152. The molecule has 1 aliphatic carbocycles. The highest BCUT2D eigenvalue weighted by Crippen LogP contribution is 2.48. The van der Waals surface area contributed by atoms with Crippen LogP contribution in [0.3, 0.4) is 0 Å². The number of nitrogens with zero attached hydrogens (tertiary/aromatic N) is 1. The summed E-state index contributed by atoms with van der Waals surface area (Å²) in [5.74, 6) is 0.904. The molecule has 1 aliphatic rings. The second-order valence-electron chi connectivity index (χ2n) is 4.40. The van der Waals surface area contributed by atoms with Gasteiger partial charge in [-0.1, -0.05) is 28.1 Å². The molecule has 1 aromatic rings. The summed E-state index contributed by atoms with van der Waals surface area (Å²) >= 11 is 3.42. The molecule has 1 aromatic carbocycles. The Morgan fingerprint density at radius 3 is 2.88 bits per heavy atom. The Hall–Kier alpha value is -1.01. The zero-order chi connectivity index (χ0) is 11.4. The number of hydrogen-bond acceptors (Lipinski definition) is 2.